The van der Waals surface area contributed by atoms with E-state index in [1.54, 1.807) is 4.90 Å². The Labute approximate surface area is 107 Å². The lowest BCUT2D eigenvalue weighted by molar-refractivity contribution is 0.0743. The van der Waals surface area contributed by atoms with Crippen LogP contribution in [0.25, 0.3) is 0 Å². The van der Waals surface area contributed by atoms with Gasteiger partial charge in [-0.15, -0.1) is 0 Å². The molecule has 1 rings (SSSR count). The molecule has 0 aliphatic rings. The van der Waals surface area contributed by atoms with Crippen molar-refractivity contribution in [1.82, 2.24) is 4.90 Å². The van der Waals surface area contributed by atoms with E-state index in [-0.39, 0.29) is 23.3 Å². The van der Waals surface area contributed by atoms with Gasteiger partial charge in [-0.25, -0.2) is 0 Å². The summed E-state index contributed by atoms with van der Waals surface area (Å²) in [6, 6.07) is 4.07. The van der Waals surface area contributed by atoms with Crippen LogP contribution in [-0.4, -0.2) is 40.7 Å². The molecule has 0 aliphatic carbocycles. The molecule has 100 valence electrons. The van der Waals surface area contributed by atoms with Crippen molar-refractivity contribution < 1.29 is 15.0 Å². The molecule has 0 heterocycles. The molecule has 0 saturated carbocycles. The summed E-state index contributed by atoms with van der Waals surface area (Å²) in [6.45, 7) is 5.54. The lowest BCUT2D eigenvalue weighted by atomic mass is 10.1. The van der Waals surface area contributed by atoms with E-state index in [1.165, 1.54) is 18.2 Å². The number of aromatic hydroxyl groups is 2. The molecule has 0 fully saturated rings. The van der Waals surface area contributed by atoms with E-state index in [0.717, 1.165) is 0 Å². The zero-order valence-electron chi connectivity index (χ0n) is 10.8. The second-order valence-corrected chi connectivity index (χ2v) is 4.39. The number of amides is 1. The third-order valence-electron chi connectivity index (χ3n) is 2.83. The van der Waals surface area contributed by atoms with Crippen LogP contribution in [0.15, 0.2) is 18.2 Å². The fourth-order valence-electron chi connectivity index (χ4n) is 1.65. The average molecular weight is 252 g/mol. The number of phenolic OH excluding ortho intramolecular Hbond substituents is 2. The summed E-state index contributed by atoms with van der Waals surface area (Å²) in [5, 5.41) is 18.6. The van der Waals surface area contributed by atoms with Gasteiger partial charge < -0.3 is 20.8 Å². The van der Waals surface area contributed by atoms with Crippen molar-refractivity contribution in [2.24, 2.45) is 11.7 Å². The van der Waals surface area contributed by atoms with Gasteiger partial charge in [0.2, 0.25) is 0 Å². The lowest BCUT2D eigenvalue weighted by Crippen LogP contribution is -2.36. The number of hydrogen-bond donors (Lipinski definition) is 3. The van der Waals surface area contributed by atoms with Gasteiger partial charge in [0.25, 0.3) is 5.91 Å². The highest BCUT2D eigenvalue weighted by Gasteiger charge is 2.17. The highest BCUT2D eigenvalue weighted by molar-refractivity contribution is 5.94. The molecule has 4 N–H and O–H groups in total. The molecule has 18 heavy (non-hydrogen) atoms. The van der Waals surface area contributed by atoms with Gasteiger partial charge >= 0.3 is 0 Å². The Morgan fingerprint density at radius 1 is 1.39 bits per heavy atom. The van der Waals surface area contributed by atoms with E-state index in [4.69, 9.17) is 5.73 Å². The van der Waals surface area contributed by atoms with Crippen LogP contribution in [0.1, 0.15) is 24.2 Å². The smallest absolute Gasteiger partial charge is 0.253 e. The molecule has 1 atom stereocenters. The maximum atomic E-state index is 12.2. The molecule has 0 saturated heterocycles. The summed E-state index contributed by atoms with van der Waals surface area (Å²) in [4.78, 5) is 13.9. The predicted molar refractivity (Wildman–Crippen MR) is 69.6 cm³/mol. The van der Waals surface area contributed by atoms with Gasteiger partial charge in [0.1, 0.15) is 0 Å². The van der Waals surface area contributed by atoms with Crippen molar-refractivity contribution in [2.45, 2.75) is 13.8 Å². The van der Waals surface area contributed by atoms with Gasteiger partial charge in [0, 0.05) is 18.7 Å². The Morgan fingerprint density at radius 3 is 2.56 bits per heavy atom. The van der Waals surface area contributed by atoms with Crippen molar-refractivity contribution >= 4 is 5.91 Å². The number of benzene rings is 1. The number of carbonyl (C=O) groups is 1. The number of hydrogen-bond acceptors (Lipinski definition) is 4. The van der Waals surface area contributed by atoms with E-state index in [0.29, 0.717) is 25.2 Å². The van der Waals surface area contributed by atoms with E-state index in [9.17, 15) is 15.0 Å². The first-order valence-corrected chi connectivity index (χ1v) is 6.00. The Hall–Kier alpha value is -1.75. The summed E-state index contributed by atoms with van der Waals surface area (Å²) in [5.41, 5.74) is 5.90. The Balaban J connectivity index is 2.86. The first-order chi connectivity index (χ1) is 8.49. The third kappa shape index (κ3) is 3.37. The second kappa shape index (κ2) is 6.26. The van der Waals surface area contributed by atoms with Crippen molar-refractivity contribution in [2.75, 3.05) is 19.6 Å². The molecular weight excluding hydrogens is 232 g/mol. The minimum absolute atomic E-state index is 0.173. The first-order valence-electron chi connectivity index (χ1n) is 6.00. The van der Waals surface area contributed by atoms with Gasteiger partial charge in [-0.1, -0.05) is 6.92 Å². The van der Waals surface area contributed by atoms with Gasteiger partial charge in [0.15, 0.2) is 11.5 Å². The first kappa shape index (κ1) is 14.3. The number of rotatable bonds is 5. The number of carbonyl (C=O) groups excluding carboxylic acids is 1. The Bertz CT molecular complexity index is 421. The highest BCUT2D eigenvalue weighted by atomic mass is 16.3. The van der Waals surface area contributed by atoms with Gasteiger partial charge in [-0.2, -0.15) is 0 Å². The van der Waals surface area contributed by atoms with Crippen molar-refractivity contribution in [1.29, 1.82) is 0 Å². The van der Waals surface area contributed by atoms with Crippen molar-refractivity contribution in [3.8, 4) is 11.5 Å². The van der Waals surface area contributed by atoms with Gasteiger partial charge in [-0.05, 0) is 37.6 Å². The molecule has 5 nitrogen and oxygen atoms in total. The summed E-state index contributed by atoms with van der Waals surface area (Å²) >= 11 is 0. The average Bonchev–Trinajstić information content (AvgIpc) is 2.38. The fraction of sp³-hybridized carbons (Fsp3) is 0.462. The van der Waals surface area contributed by atoms with Crippen molar-refractivity contribution in [3.05, 3.63) is 23.8 Å². The molecule has 1 aromatic carbocycles. The maximum Gasteiger partial charge on any atom is 0.253 e. The maximum absolute atomic E-state index is 12.2. The molecule has 0 aromatic heterocycles. The van der Waals surface area contributed by atoms with E-state index < -0.39 is 0 Å². The SMILES string of the molecule is CCN(CC(C)CN)C(=O)c1ccc(O)c(O)c1. The third-order valence-corrected chi connectivity index (χ3v) is 2.83. The van der Waals surface area contributed by atoms with E-state index >= 15 is 0 Å². The second-order valence-electron chi connectivity index (χ2n) is 4.39. The fourth-order valence-corrected chi connectivity index (χ4v) is 1.65. The zero-order valence-corrected chi connectivity index (χ0v) is 10.8. The minimum Gasteiger partial charge on any atom is -0.504 e. The monoisotopic (exact) mass is 252 g/mol. The van der Waals surface area contributed by atoms with Crippen LogP contribution in [-0.2, 0) is 0 Å². The predicted octanol–water partition coefficient (Wildman–Crippen LogP) is 1.15. The number of phenols is 2. The number of nitrogens with two attached hydrogens (primary N) is 1. The molecule has 1 unspecified atom stereocenters. The van der Waals surface area contributed by atoms with Gasteiger partial charge in [0.05, 0.1) is 0 Å². The molecule has 0 spiro atoms. The quantitative estimate of drug-likeness (QED) is 0.686. The van der Waals surface area contributed by atoms with Crippen LogP contribution < -0.4 is 5.73 Å². The lowest BCUT2D eigenvalue weighted by Gasteiger charge is -2.24. The molecule has 1 amide bonds. The molecule has 0 bridgehead atoms. The normalized spacial score (nSPS) is 12.2. The number of nitrogens with zero attached hydrogens (tertiary/aromatic N) is 1. The molecule has 0 aliphatic heterocycles. The van der Waals surface area contributed by atoms with Crippen LogP contribution in [0.3, 0.4) is 0 Å². The Kier molecular flexibility index (Phi) is 4.97. The van der Waals surface area contributed by atoms with E-state index in [2.05, 4.69) is 0 Å². The highest BCUT2D eigenvalue weighted by Crippen LogP contribution is 2.25. The van der Waals surface area contributed by atoms with Crippen LogP contribution in [0.5, 0.6) is 11.5 Å². The van der Waals surface area contributed by atoms with E-state index in [1.807, 2.05) is 13.8 Å². The molecular formula is C13H20N2O3. The molecule has 5 heteroatoms. The summed E-state index contributed by atoms with van der Waals surface area (Å²) < 4.78 is 0. The van der Waals surface area contributed by atoms with Crippen LogP contribution in [0, 0.1) is 5.92 Å². The van der Waals surface area contributed by atoms with Crippen LogP contribution in [0.4, 0.5) is 0 Å². The van der Waals surface area contributed by atoms with Gasteiger partial charge in [-0.3, -0.25) is 4.79 Å². The van der Waals surface area contributed by atoms with Crippen LogP contribution >= 0.6 is 0 Å². The van der Waals surface area contributed by atoms with Crippen molar-refractivity contribution in [3.63, 3.8) is 0 Å². The summed E-state index contributed by atoms with van der Waals surface area (Å²) in [6.07, 6.45) is 0. The molecule has 0 radical (unpaired) electrons. The summed E-state index contributed by atoms with van der Waals surface area (Å²) in [7, 11) is 0. The zero-order chi connectivity index (χ0) is 13.7. The minimum atomic E-state index is -0.288. The van der Waals surface area contributed by atoms with Crippen LogP contribution in [0.2, 0.25) is 0 Å². The standard InChI is InChI=1S/C13H20N2O3/c1-3-15(8-9(2)7-14)13(18)10-4-5-11(16)12(17)6-10/h4-6,9,16-17H,3,7-8,14H2,1-2H3. The Morgan fingerprint density at radius 2 is 2.06 bits per heavy atom. The topological polar surface area (TPSA) is 86.8 Å². The largest absolute Gasteiger partial charge is 0.504 e. The molecule has 1 aromatic rings. The summed E-state index contributed by atoms with van der Waals surface area (Å²) in [5.74, 6) is -0.471.